The van der Waals surface area contributed by atoms with Gasteiger partial charge in [0.25, 0.3) is 5.92 Å². The Labute approximate surface area is 82.1 Å². The monoisotopic (exact) mass is 197 g/mol. The maximum absolute atomic E-state index is 13.1. The molecule has 76 valence electrons. The van der Waals surface area contributed by atoms with E-state index in [1.807, 2.05) is 25.1 Å². The van der Waals surface area contributed by atoms with Gasteiger partial charge in [0.1, 0.15) is 0 Å². The van der Waals surface area contributed by atoms with Crippen LogP contribution in [0.15, 0.2) is 18.2 Å². The van der Waals surface area contributed by atoms with Gasteiger partial charge < -0.3 is 5.32 Å². The summed E-state index contributed by atoms with van der Waals surface area (Å²) in [7, 11) is 0. The van der Waals surface area contributed by atoms with Crippen molar-refractivity contribution >= 4 is 5.69 Å². The minimum atomic E-state index is -2.58. The highest BCUT2D eigenvalue weighted by Crippen LogP contribution is 2.30. The molecule has 0 bridgehead atoms. The number of benzene rings is 1. The van der Waals surface area contributed by atoms with Crippen molar-refractivity contribution in [1.29, 1.82) is 0 Å². The highest BCUT2D eigenvalue weighted by atomic mass is 19.3. The molecule has 0 aromatic heterocycles. The van der Waals surface area contributed by atoms with Gasteiger partial charge in [-0.3, -0.25) is 0 Å². The number of aryl methyl sites for hydroxylation is 1. The van der Waals surface area contributed by atoms with E-state index in [0.717, 1.165) is 16.8 Å². The lowest BCUT2D eigenvalue weighted by Gasteiger charge is -2.12. The SMILES string of the molecule is Cc1cccc2c1CCC(F)(F)CN2. The molecule has 3 heteroatoms. The standard InChI is InChI=1S/C11H13F2N/c1-8-3-2-4-10-9(8)5-6-11(12,13)7-14-10/h2-4,14H,5-7H2,1H3. The molecule has 1 heterocycles. The molecule has 1 aliphatic heterocycles. The van der Waals surface area contributed by atoms with E-state index >= 15 is 0 Å². The first-order chi connectivity index (χ1) is 6.58. The first kappa shape index (κ1) is 9.44. The number of fused-ring (bicyclic) bond motifs is 1. The Hall–Kier alpha value is -1.12. The van der Waals surface area contributed by atoms with Gasteiger partial charge in [0, 0.05) is 12.1 Å². The van der Waals surface area contributed by atoms with Gasteiger partial charge in [-0.25, -0.2) is 8.78 Å². The summed E-state index contributed by atoms with van der Waals surface area (Å²) < 4.78 is 26.2. The van der Waals surface area contributed by atoms with Crippen LogP contribution in [-0.4, -0.2) is 12.5 Å². The summed E-state index contributed by atoms with van der Waals surface area (Å²) >= 11 is 0. The van der Waals surface area contributed by atoms with Gasteiger partial charge >= 0.3 is 0 Å². The van der Waals surface area contributed by atoms with Crippen molar-refractivity contribution in [1.82, 2.24) is 0 Å². The molecule has 1 N–H and O–H groups in total. The van der Waals surface area contributed by atoms with Gasteiger partial charge in [-0.15, -0.1) is 0 Å². The van der Waals surface area contributed by atoms with E-state index in [2.05, 4.69) is 5.32 Å². The van der Waals surface area contributed by atoms with Gasteiger partial charge in [-0.2, -0.15) is 0 Å². The minimum Gasteiger partial charge on any atom is -0.379 e. The van der Waals surface area contributed by atoms with Crippen LogP contribution in [0.1, 0.15) is 17.5 Å². The number of anilines is 1. The average Bonchev–Trinajstić information content (AvgIpc) is 2.27. The molecule has 0 unspecified atom stereocenters. The topological polar surface area (TPSA) is 12.0 Å². The number of halogens is 2. The summed E-state index contributed by atoms with van der Waals surface area (Å²) in [6.07, 6.45) is 0.403. The first-order valence-corrected chi connectivity index (χ1v) is 4.79. The van der Waals surface area contributed by atoms with Crippen LogP contribution in [-0.2, 0) is 6.42 Å². The van der Waals surface area contributed by atoms with Crippen LogP contribution in [0, 0.1) is 6.92 Å². The fourth-order valence-corrected chi connectivity index (χ4v) is 1.82. The zero-order valence-electron chi connectivity index (χ0n) is 8.11. The Kier molecular flexibility index (Phi) is 2.17. The molecule has 0 saturated carbocycles. The van der Waals surface area contributed by atoms with E-state index in [4.69, 9.17) is 0 Å². The Balaban J connectivity index is 2.34. The van der Waals surface area contributed by atoms with Crippen LogP contribution in [0.4, 0.5) is 14.5 Å². The Bertz CT molecular complexity index is 347. The average molecular weight is 197 g/mol. The van der Waals surface area contributed by atoms with Crippen molar-refractivity contribution in [2.75, 3.05) is 11.9 Å². The largest absolute Gasteiger partial charge is 0.379 e. The second kappa shape index (κ2) is 3.23. The minimum absolute atomic E-state index is 0.0577. The molecule has 2 rings (SSSR count). The van der Waals surface area contributed by atoms with Crippen molar-refractivity contribution in [2.24, 2.45) is 0 Å². The third-order valence-electron chi connectivity index (χ3n) is 2.69. The van der Waals surface area contributed by atoms with Gasteiger partial charge in [-0.1, -0.05) is 12.1 Å². The van der Waals surface area contributed by atoms with Crippen molar-refractivity contribution < 1.29 is 8.78 Å². The van der Waals surface area contributed by atoms with Crippen LogP contribution >= 0.6 is 0 Å². The highest BCUT2D eigenvalue weighted by Gasteiger charge is 2.31. The molecule has 1 nitrogen and oxygen atoms in total. The summed E-state index contributed by atoms with van der Waals surface area (Å²) in [6, 6.07) is 5.72. The normalized spacial score (nSPS) is 19.4. The van der Waals surface area contributed by atoms with Gasteiger partial charge in [0.2, 0.25) is 0 Å². The van der Waals surface area contributed by atoms with Crippen LogP contribution in [0.25, 0.3) is 0 Å². The summed E-state index contributed by atoms with van der Waals surface area (Å²) in [6.45, 7) is 1.72. The summed E-state index contributed by atoms with van der Waals surface area (Å²) in [5.41, 5.74) is 2.99. The lowest BCUT2D eigenvalue weighted by molar-refractivity contribution is 0.00840. The molecule has 14 heavy (non-hydrogen) atoms. The molecule has 1 aliphatic rings. The fraction of sp³-hybridized carbons (Fsp3) is 0.455. The molecule has 0 fully saturated rings. The lowest BCUT2D eigenvalue weighted by Crippen LogP contribution is -2.25. The number of hydrogen-bond acceptors (Lipinski definition) is 1. The second-order valence-corrected chi connectivity index (χ2v) is 3.81. The van der Waals surface area contributed by atoms with Crippen molar-refractivity contribution in [3.05, 3.63) is 29.3 Å². The van der Waals surface area contributed by atoms with Crippen LogP contribution in [0.3, 0.4) is 0 Å². The molecule has 1 aromatic rings. The highest BCUT2D eigenvalue weighted by molar-refractivity contribution is 5.55. The summed E-state index contributed by atoms with van der Waals surface area (Å²) in [4.78, 5) is 0. The number of alkyl halides is 2. The molecule has 0 saturated heterocycles. The molecule has 0 aliphatic carbocycles. The van der Waals surface area contributed by atoms with Gasteiger partial charge in [0.05, 0.1) is 6.54 Å². The Morgan fingerprint density at radius 1 is 1.36 bits per heavy atom. The molecule has 0 radical (unpaired) electrons. The Morgan fingerprint density at radius 2 is 2.14 bits per heavy atom. The third kappa shape index (κ3) is 1.72. The third-order valence-corrected chi connectivity index (χ3v) is 2.69. The maximum atomic E-state index is 13.1. The molecule has 0 atom stereocenters. The van der Waals surface area contributed by atoms with Crippen molar-refractivity contribution in [2.45, 2.75) is 25.7 Å². The van der Waals surface area contributed by atoms with Crippen LogP contribution in [0.5, 0.6) is 0 Å². The zero-order chi connectivity index (χ0) is 10.2. The van der Waals surface area contributed by atoms with E-state index < -0.39 is 5.92 Å². The van der Waals surface area contributed by atoms with E-state index in [1.54, 1.807) is 0 Å². The van der Waals surface area contributed by atoms with E-state index in [1.165, 1.54) is 0 Å². The predicted octanol–water partition coefficient (Wildman–Crippen LogP) is 2.99. The summed E-state index contributed by atoms with van der Waals surface area (Å²) in [5, 5.41) is 2.81. The number of nitrogens with one attached hydrogen (secondary N) is 1. The van der Waals surface area contributed by atoms with E-state index in [0.29, 0.717) is 6.42 Å². The number of rotatable bonds is 0. The second-order valence-electron chi connectivity index (χ2n) is 3.81. The first-order valence-electron chi connectivity index (χ1n) is 4.79. The lowest BCUT2D eigenvalue weighted by atomic mass is 10.0. The van der Waals surface area contributed by atoms with Crippen molar-refractivity contribution in [3.8, 4) is 0 Å². The van der Waals surface area contributed by atoms with Crippen LogP contribution in [0.2, 0.25) is 0 Å². The predicted molar refractivity (Wildman–Crippen MR) is 52.9 cm³/mol. The van der Waals surface area contributed by atoms with Gasteiger partial charge in [-0.05, 0) is 30.5 Å². The van der Waals surface area contributed by atoms with E-state index in [9.17, 15) is 8.78 Å². The molecular formula is C11H13F2N. The van der Waals surface area contributed by atoms with Gasteiger partial charge in [0.15, 0.2) is 0 Å². The maximum Gasteiger partial charge on any atom is 0.265 e. The van der Waals surface area contributed by atoms with Crippen LogP contribution < -0.4 is 5.32 Å². The Morgan fingerprint density at radius 3 is 2.93 bits per heavy atom. The molecule has 0 spiro atoms. The fourth-order valence-electron chi connectivity index (χ4n) is 1.82. The quantitative estimate of drug-likeness (QED) is 0.674. The molecule has 1 aromatic carbocycles. The van der Waals surface area contributed by atoms with Crippen molar-refractivity contribution in [3.63, 3.8) is 0 Å². The zero-order valence-corrected chi connectivity index (χ0v) is 8.11. The smallest absolute Gasteiger partial charge is 0.265 e. The number of hydrogen-bond donors (Lipinski definition) is 1. The van der Waals surface area contributed by atoms with E-state index in [-0.39, 0.29) is 13.0 Å². The molecular weight excluding hydrogens is 184 g/mol. The summed E-state index contributed by atoms with van der Waals surface area (Å²) in [5.74, 6) is -2.58. The molecule has 0 amide bonds.